The lowest BCUT2D eigenvalue weighted by Crippen LogP contribution is -2.49. The smallest absolute Gasteiger partial charge is 0.240 e. The van der Waals surface area contributed by atoms with E-state index in [1.165, 1.54) is 6.42 Å². The molecule has 2 unspecified atom stereocenters. The van der Waals surface area contributed by atoms with E-state index in [1.54, 1.807) is 0 Å². The van der Waals surface area contributed by atoms with Crippen LogP contribution in [-0.4, -0.2) is 17.5 Å². The normalized spacial score (nSPS) is 38.5. The number of carbonyl (C=O) groups excluding carboxylic acids is 1. The van der Waals surface area contributed by atoms with Crippen LogP contribution in [0.25, 0.3) is 0 Å². The van der Waals surface area contributed by atoms with Gasteiger partial charge in [0.25, 0.3) is 0 Å². The third kappa shape index (κ3) is 2.51. The average molecular weight is 210 g/mol. The molecule has 86 valence electrons. The summed E-state index contributed by atoms with van der Waals surface area (Å²) < 4.78 is 0. The standard InChI is InChI=1S/C12H22N2O/c1-8-5-9(2)7-10(6-8)14-11(15)12(13)3-4-12/h8-10H,3-7,13H2,1-2H3,(H,14,15). The Labute approximate surface area is 91.8 Å². The summed E-state index contributed by atoms with van der Waals surface area (Å²) in [5.41, 5.74) is 5.35. The maximum atomic E-state index is 11.8. The number of rotatable bonds is 2. The summed E-state index contributed by atoms with van der Waals surface area (Å²) in [7, 11) is 0. The van der Waals surface area contributed by atoms with Gasteiger partial charge in [0, 0.05) is 6.04 Å². The molecule has 2 fully saturated rings. The summed E-state index contributed by atoms with van der Waals surface area (Å²) in [5, 5.41) is 3.12. The minimum absolute atomic E-state index is 0.0776. The van der Waals surface area contributed by atoms with Gasteiger partial charge in [-0.25, -0.2) is 0 Å². The van der Waals surface area contributed by atoms with Crippen LogP contribution in [0.15, 0.2) is 0 Å². The van der Waals surface area contributed by atoms with Crippen molar-refractivity contribution in [1.29, 1.82) is 0 Å². The van der Waals surface area contributed by atoms with Crippen molar-refractivity contribution >= 4 is 5.91 Å². The molecule has 15 heavy (non-hydrogen) atoms. The SMILES string of the molecule is CC1CC(C)CC(NC(=O)C2(N)CC2)C1. The molecule has 0 radical (unpaired) electrons. The molecule has 0 aliphatic heterocycles. The Bertz CT molecular complexity index is 250. The highest BCUT2D eigenvalue weighted by Crippen LogP contribution is 2.34. The van der Waals surface area contributed by atoms with Crippen molar-refractivity contribution in [3.63, 3.8) is 0 Å². The predicted octanol–water partition coefficient (Wildman–Crippen LogP) is 1.42. The molecule has 0 saturated heterocycles. The lowest BCUT2D eigenvalue weighted by Gasteiger charge is -2.32. The van der Waals surface area contributed by atoms with Gasteiger partial charge in [-0.2, -0.15) is 0 Å². The van der Waals surface area contributed by atoms with Crippen molar-refractivity contribution in [1.82, 2.24) is 5.32 Å². The topological polar surface area (TPSA) is 55.1 Å². The fraction of sp³-hybridized carbons (Fsp3) is 0.917. The first-order chi connectivity index (χ1) is 6.99. The molecule has 3 heteroatoms. The zero-order chi connectivity index (χ0) is 11.1. The second-order valence-corrected chi connectivity index (χ2v) is 5.74. The molecular formula is C12H22N2O. The molecular weight excluding hydrogens is 188 g/mol. The number of nitrogens with one attached hydrogen (secondary N) is 1. The van der Waals surface area contributed by atoms with Gasteiger partial charge in [0.1, 0.15) is 0 Å². The van der Waals surface area contributed by atoms with Crippen LogP contribution < -0.4 is 11.1 Å². The van der Waals surface area contributed by atoms with Crippen LogP contribution in [0.2, 0.25) is 0 Å². The molecule has 3 N–H and O–H groups in total. The quantitative estimate of drug-likeness (QED) is 0.724. The third-order valence-corrected chi connectivity index (χ3v) is 3.75. The largest absolute Gasteiger partial charge is 0.352 e. The molecule has 2 rings (SSSR count). The predicted molar refractivity (Wildman–Crippen MR) is 60.3 cm³/mol. The monoisotopic (exact) mass is 210 g/mol. The van der Waals surface area contributed by atoms with Crippen LogP contribution in [0.3, 0.4) is 0 Å². The van der Waals surface area contributed by atoms with E-state index >= 15 is 0 Å². The molecule has 0 aromatic rings. The number of carbonyl (C=O) groups is 1. The van der Waals surface area contributed by atoms with Gasteiger partial charge in [-0.3, -0.25) is 4.79 Å². The van der Waals surface area contributed by atoms with Gasteiger partial charge in [0.15, 0.2) is 0 Å². The summed E-state index contributed by atoms with van der Waals surface area (Å²) in [6, 6.07) is 0.359. The molecule has 0 bridgehead atoms. The first-order valence-corrected chi connectivity index (χ1v) is 6.09. The molecule has 0 aromatic carbocycles. The molecule has 1 amide bonds. The van der Waals surface area contributed by atoms with Crippen LogP contribution in [0, 0.1) is 11.8 Å². The number of hydrogen-bond acceptors (Lipinski definition) is 2. The first-order valence-electron chi connectivity index (χ1n) is 6.09. The van der Waals surface area contributed by atoms with Gasteiger partial charge in [-0.1, -0.05) is 13.8 Å². The highest BCUT2D eigenvalue weighted by molar-refractivity contribution is 5.89. The van der Waals surface area contributed by atoms with Crippen molar-refractivity contribution in [2.45, 2.75) is 57.5 Å². The fourth-order valence-corrected chi connectivity index (χ4v) is 2.76. The minimum Gasteiger partial charge on any atom is -0.352 e. The first kappa shape index (κ1) is 10.9. The highest BCUT2D eigenvalue weighted by Gasteiger charge is 2.46. The Morgan fingerprint density at radius 3 is 2.20 bits per heavy atom. The van der Waals surface area contributed by atoms with E-state index in [9.17, 15) is 4.79 Å². The van der Waals surface area contributed by atoms with Gasteiger partial charge < -0.3 is 11.1 Å². The Hall–Kier alpha value is -0.570. The minimum atomic E-state index is -0.510. The lowest BCUT2D eigenvalue weighted by molar-refractivity contribution is -0.124. The summed E-state index contributed by atoms with van der Waals surface area (Å²) in [6.45, 7) is 4.54. The number of hydrogen-bond donors (Lipinski definition) is 2. The second-order valence-electron chi connectivity index (χ2n) is 5.74. The second kappa shape index (κ2) is 3.78. The van der Waals surface area contributed by atoms with E-state index in [0.717, 1.165) is 37.5 Å². The Morgan fingerprint density at radius 1 is 1.20 bits per heavy atom. The van der Waals surface area contributed by atoms with Crippen molar-refractivity contribution in [2.75, 3.05) is 0 Å². The molecule has 0 aromatic heterocycles. The summed E-state index contributed by atoms with van der Waals surface area (Å²) in [4.78, 5) is 11.8. The van der Waals surface area contributed by atoms with Crippen LogP contribution in [0.5, 0.6) is 0 Å². The Morgan fingerprint density at radius 2 is 1.73 bits per heavy atom. The van der Waals surface area contributed by atoms with E-state index in [2.05, 4.69) is 19.2 Å². The van der Waals surface area contributed by atoms with E-state index in [-0.39, 0.29) is 5.91 Å². The third-order valence-electron chi connectivity index (χ3n) is 3.75. The summed E-state index contributed by atoms with van der Waals surface area (Å²) in [5.74, 6) is 1.53. The van der Waals surface area contributed by atoms with Gasteiger partial charge in [0.05, 0.1) is 5.54 Å². The maximum absolute atomic E-state index is 11.8. The van der Waals surface area contributed by atoms with Crippen LogP contribution >= 0.6 is 0 Å². The van der Waals surface area contributed by atoms with Crippen LogP contribution in [-0.2, 0) is 4.79 Å². The van der Waals surface area contributed by atoms with Gasteiger partial charge in [-0.15, -0.1) is 0 Å². The van der Waals surface area contributed by atoms with Gasteiger partial charge in [0.2, 0.25) is 5.91 Å². The maximum Gasteiger partial charge on any atom is 0.240 e. The van der Waals surface area contributed by atoms with Crippen LogP contribution in [0.4, 0.5) is 0 Å². The van der Waals surface area contributed by atoms with Crippen LogP contribution in [0.1, 0.15) is 46.0 Å². The fourth-order valence-electron chi connectivity index (χ4n) is 2.76. The van der Waals surface area contributed by atoms with Gasteiger partial charge in [-0.05, 0) is 43.9 Å². The molecule has 2 aliphatic carbocycles. The highest BCUT2D eigenvalue weighted by atomic mass is 16.2. The van der Waals surface area contributed by atoms with E-state index < -0.39 is 5.54 Å². The van der Waals surface area contributed by atoms with Crippen molar-refractivity contribution in [2.24, 2.45) is 17.6 Å². The number of nitrogens with two attached hydrogens (primary N) is 1. The van der Waals surface area contributed by atoms with Gasteiger partial charge >= 0.3 is 0 Å². The number of amides is 1. The summed E-state index contributed by atoms with van der Waals surface area (Å²) >= 11 is 0. The Balaban J connectivity index is 1.86. The summed E-state index contributed by atoms with van der Waals surface area (Å²) in [6.07, 6.45) is 5.24. The molecule has 3 nitrogen and oxygen atoms in total. The molecule has 2 saturated carbocycles. The van der Waals surface area contributed by atoms with E-state index in [4.69, 9.17) is 5.73 Å². The lowest BCUT2D eigenvalue weighted by atomic mass is 9.80. The molecule has 0 spiro atoms. The average Bonchev–Trinajstić information content (AvgIpc) is 2.83. The van der Waals surface area contributed by atoms with Crippen molar-refractivity contribution in [3.8, 4) is 0 Å². The van der Waals surface area contributed by atoms with Crippen molar-refractivity contribution < 1.29 is 4.79 Å². The van der Waals surface area contributed by atoms with E-state index in [1.807, 2.05) is 0 Å². The Kier molecular flexibility index (Phi) is 2.75. The molecule has 0 heterocycles. The van der Waals surface area contributed by atoms with Crippen molar-refractivity contribution in [3.05, 3.63) is 0 Å². The van der Waals surface area contributed by atoms with E-state index in [0.29, 0.717) is 6.04 Å². The zero-order valence-corrected chi connectivity index (χ0v) is 9.75. The molecule has 2 aliphatic rings. The molecule has 2 atom stereocenters. The zero-order valence-electron chi connectivity index (χ0n) is 9.75.